The van der Waals surface area contributed by atoms with Crippen molar-refractivity contribution < 1.29 is 4.79 Å². The van der Waals surface area contributed by atoms with Gasteiger partial charge in [0.1, 0.15) is 0 Å². The first-order valence-electron chi connectivity index (χ1n) is 7.88. The first kappa shape index (κ1) is 17.5. The molecule has 0 atom stereocenters. The van der Waals surface area contributed by atoms with Crippen LogP contribution in [0.1, 0.15) is 49.8 Å². The highest BCUT2D eigenvalue weighted by Crippen LogP contribution is 2.26. The summed E-state index contributed by atoms with van der Waals surface area (Å²) in [6.45, 7) is 10.3. The van der Waals surface area contributed by atoms with E-state index in [4.69, 9.17) is 0 Å². The lowest BCUT2D eigenvalue weighted by Gasteiger charge is -2.21. The van der Waals surface area contributed by atoms with Crippen LogP contribution in [0, 0.1) is 0 Å². The molecule has 23 heavy (non-hydrogen) atoms. The van der Waals surface area contributed by atoms with Crippen molar-refractivity contribution in [3.8, 4) is 0 Å². The van der Waals surface area contributed by atoms with Crippen molar-refractivity contribution in [3.05, 3.63) is 40.1 Å². The average molecular weight is 379 g/mol. The molecular formula is C17H23BrN4O. The van der Waals surface area contributed by atoms with Crippen molar-refractivity contribution in [2.75, 3.05) is 23.3 Å². The lowest BCUT2D eigenvalue weighted by Crippen LogP contribution is -2.21. The molecule has 0 aliphatic carbocycles. The van der Waals surface area contributed by atoms with Gasteiger partial charge in [0, 0.05) is 24.5 Å². The van der Waals surface area contributed by atoms with Crippen LogP contribution in [0.15, 0.2) is 28.7 Å². The van der Waals surface area contributed by atoms with Crippen LogP contribution in [0.25, 0.3) is 0 Å². The van der Waals surface area contributed by atoms with E-state index in [0.29, 0.717) is 5.69 Å². The number of nitrogens with one attached hydrogen (secondary N) is 2. The van der Waals surface area contributed by atoms with Crippen LogP contribution < -0.4 is 10.2 Å². The fourth-order valence-corrected chi connectivity index (χ4v) is 3.22. The summed E-state index contributed by atoms with van der Waals surface area (Å²) in [4.78, 5) is 14.6. The van der Waals surface area contributed by atoms with Gasteiger partial charge in [0.05, 0.1) is 10.2 Å². The molecule has 0 spiro atoms. The quantitative estimate of drug-likeness (QED) is 0.782. The lowest BCUT2D eigenvalue weighted by atomic mass is 10.1. The fraction of sp³-hybridized carbons (Fsp3) is 0.412. The summed E-state index contributed by atoms with van der Waals surface area (Å²) >= 11 is 3.45. The summed E-state index contributed by atoms with van der Waals surface area (Å²) in [5.74, 6) is 0.0439. The number of amides is 1. The second-order valence-corrected chi connectivity index (χ2v) is 6.42. The molecule has 1 heterocycles. The van der Waals surface area contributed by atoms with Gasteiger partial charge in [0.15, 0.2) is 5.69 Å². The van der Waals surface area contributed by atoms with Crippen LogP contribution in [0.4, 0.5) is 11.4 Å². The number of halogens is 1. The number of hydrogen-bond acceptors (Lipinski definition) is 3. The van der Waals surface area contributed by atoms with Crippen LogP contribution in [-0.4, -0.2) is 29.2 Å². The molecule has 1 amide bonds. The predicted molar refractivity (Wildman–Crippen MR) is 98.3 cm³/mol. The minimum Gasteiger partial charge on any atom is -0.372 e. The third-order valence-corrected chi connectivity index (χ3v) is 4.58. The Morgan fingerprint density at radius 1 is 1.26 bits per heavy atom. The van der Waals surface area contributed by atoms with Crippen LogP contribution in [0.3, 0.4) is 0 Å². The summed E-state index contributed by atoms with van der Waals surface area (Å²) in [6.07, 6.45) is 0. The summed E-state index contributed by atoms with van der Waals surface area (Å²) < 4.78 is 0.727. The first-order chi connectivity index (χ1) is 11.0. The molecular weight excluding hydrogens is 356 g/mol. The Morgan fingerprint density at radius 2 is 1.87 bits per heavy atom. The Labute approximate surface area is 145 Å². The summed E-state index contributed by atoms with van der Waals surface area (Å²) in [6, 6.07) is 7.86. The molecule has 124 valence electrons. The molecule has 2 rings (SSSR count). The van der Waals surface area contributed by atoms with E-state index in [9.17, 15) is 4.79 Å². The monoisotopic (exact) mass is 378 g/mol. The zero-order valence-electron chi connectivity index (χ0n) is 14.0. The van der Waals surface area contributed by atoms with Crippen LogP contribution in [0.5, 0.6) is 0 Å². The number of rotatable bonds is 6. The normalized spacial score (nSPS) is 10.9. The van der Waals surface area contributed by atoms with Gasteiger partial charge in [0.2, 0.25) is 0 Å². The van der Waals surface area contributed by atoms with Gasteiger partial charge < -0.3 is 10.2 Å². The molecule has 5 nitrogen and oxygen atoms in total. The van der Waals surface area contributed by atoms with Crippen molar-refractivity contribution >= 4 is 33.2 Å². The maximum Gasteiger partial charge on any atom is 0.277 e. The molecule has 0 saturated heterocycles. The highest BCUT2D eigenvalue weighted by Gasteiger charge is 2.19. The highest BCUT2D eigenvalue weighted by molar-refractivity contribution is 9.10. The van der Waals surface area contributed by atoms with E-state index in [1.165, 1.54) is 0 Å². The zero-order valence-corrected chi connectivity index (χ0v) is 15.6. The molecule has 0 fully saturated rings. The van der Waals surface area contributed by atoms with E-state index in [1.807, 2.05) is 38.1 Å². The van der Waals surface area contributed by atoms with Crippen molar-refractivity contribution in [1.29, 1.82) is 0 Å². The molecule has 0 aliphatic heterocycles. The fourth-order valence-electron chi connectivity index (χ4n) is 2.41. The van der Waals surface area contributed by atoms with Gasteiger partial charge in [-0.15, -0.1) is 0 Å². The maximum atomic E-state index is 12.4. The Morgan fingerprint density at radius 3 is 2.35 bits per heavy atom. The molecule has 6 heteroatoms. The number of carbonyl (C=O) groups excluding carboxylic acids is 1. The van der Waals surface area contributed by atoms with Gasteiger partial charge in [-0.2, -0.15) is 5.10 Å². The number of nitrogens with zero attached hydrogens (tertiary/aromatic N) is 2. The van der Waals surface area contributed by atoms with Crippen LogP contribution >= 0.6 is 15.9 Å². The number of hydrogen-bond donors (Lipinski definition) is 2. The Hall–Kier alpha value is -1.82. The molecule has 0 radical (unpaired) electrons. The molecule has 1 aromatic carbocycles. The first-order valence-corrected chi connectivity index (χ1v) is 8.67. The van der Waals surface area contributed by atoms with Gasteiger partial charge in [-0.25, -0.2) is 0 Å². The SMILES string of the molecule is CCN(CC)c1ccc(NC(=O)c2n[nH]c(C(C)C)c2Br)cc1. The van der Waals surface area contributed by atoms with Crippen molar-refractivity contribution in [2.45, 2.75) is 33.6 Å². The number of H-pyrrole nitrogens is 1. The number of carbonyl (C=O) groups is 1. The standard InChI is InChI=1S/C17H23BrN4O/c1-5-22(6-2)13-9-7-12(8-10-13)19-17(23)16-14(18)15(11(3)4)20-21-16/h7-11H,5-6H2,1-4H3,(H,19,23)(H,20,21). The highest BCUT2D eigenvalue weighted by atomic mass is 79.9. The number of anilines is 2. The van der Waals surface area contributed by atoms with Gasteiger partial charge >= 0.3 is 0 Å². The van der Waals surface area contributed by atoms with E-state index >= 15 is 0 Å². The largest absolute Gasteiger partial charge is 0.372 e. The second-order valence-electron chi connectivity index (χ2n) is 5.63. The molecule has 2 aromatic rings. The van der Waals surface area contributed by atoms with E-state index < -0.39 is 0 Å². The van der Waals surface area contributed by atoms with E-state index in [-0.39, 0.29) is 11.8 Å². The zero-order chi connectivity index (χ0) is 17.0. The third kappa shape index (κ3) is 3.93. The smallest absolute Gasteiger partial charge is 0.277 e. The Kier molecular flexibility index (Phi) is 5.82. The van der Waals surface area contributed by atoms with Gasteiger partial charge in [-0.05, 0) is 60.0 Å². The van der Waals surface area contributed by atoms with Gasteiger partial charge in [-0.1, -0.05) is 13.8 Å². The van der Waals surface area contributed by atoms with Gasteiger partial charge in [0.25, 0.3) is 5.91 Å². The molecule has 0 aliphatic rings. The maximum absolute atomic E-state index is 12.4. The van der Waals surface area contributed by atoms with E-state index in [1.54, 1.807) is 0 Å². The number of aromatic amines is 1. The van der Waals surface area contributed by atoms with Crippen molar-refractivity contribution in [3.63, 3.8) is 0 Å². The minimum atomic E-state index is -0.226. The van der Waals surface area contributed by atoms with Crippen molar-refractivity contribution in [1.82, 2.24) is 10.2 Å². The molecule has 2 N–H and O–H groups in total. The Balaban J connectivity index is 2.11. The van der Waals surface area contributed by atoms with Crippen molar-refractivity contribution in [2.24, 2.45) is 0 Å². The van der Waals surface area contributed by atoms with E-state index in [0.717, 1.165) is 34.6 Å². The van der Waals surface area contributed by atoms with Crippen LogP contribution in [-0.2, 0) is 0 Å². The van der Waals surface area contributed by atoms with E-state index in [2.05, 4.69) is 50.2 Å². The van der Waals surface area contributed by atoms with Gasteiger partial charge in [-0.3, -0.25) is 9.89 Å². The third-order valence-electron chi connectivity index (χ3n) is 3.78. The lowest BCUT2D eigenvalue weighted by molar-refractivity contribution is 0.102. The molecule has 1 aromatic heterocycles. The average Bonchev–Trinajstić information content (AvgIpc) is 2.92. The second kappa shape index (κ2) is 7.64. The molecule has 0 bridgehead atoms. The molecule has 0 saturated carbocycles. The van der Waals surface area contributed by atoms with Crippen LogP contribution in [0.2, 0.25) is 0 Å². The summed E-state index contributed by atoms with van der Waals surface area (Å²) in [5.41, 5.74) is 3.21. The Bertz CT molecular complexity index is 660. The number of benzene rings is 1. The minimum absolute atomic E-state index is 0.226. The number of aromatic nitrogens is 2. The summed E-state index contributed by atoms with van der Waals surface area (Å²) in [5, 5.41) is 9.91. The molecule has 0 unspecified atom stereocenters. The topological polar surface area (TPSA) is 61.0 Å². The summed E-state index contributed by atoms with van der Waals surface area (Å²) in [7, 11) is 0. The predicted octanol–water partition coefficient (Wildman–Crippen LogP) is 4.39.